The van der Waals surface area contributed by atoms with E-state index < -0.39 is 4.92 Å². The van der Waals surface area contributed by atoms with Gasteiger partial charge in [0.05, 0.1) is 22.4 Å². The van der Waals surface area contributed by atoms with Crippen molar-refractivity contribution in [2.75, 3.05) is 22.9 Å². The number of fused-ring (bicyclic) bond motifs is 1. The molecule has 0 bridgehead atoms. The van der Waals surface area contributed by atoms with E-state index in [0.717, 1.165) is 38.8 Å². The summed E-state index contributed by atoms with van der Waals surface area (Å²) in [5, 5.41) is 12.0. The lowest BCUT2D eigenvalue weighted by atomic mass is 9.76. The quantitative estimate of drug-likeness (QED) is 0.356. The van der Waals surface area contributed by atoms with E-state index in [1.807, 2.05) is 6.07 Å². The lowest BCUT2D eigenvalue weighted by Crippen LogP contribution is -2.35. The number of anilines is 2. The van der Waals surface area contributed by atoms with Crippen LogP contribution in [0.1, 0.15) is 44.6 Å². The normalized spacial score (nSPS) is 25.5. The predicted molar refractivity (Wildman–Crippen MR) is 131 cm³/mol. The zero-order chi connectivity index (χ0) is 23.8. The highest BCUT2D eigenvalue weighted by atomic mass is 16.6. The first-order chi connectivity index (χ1) is 16.4. The number of hydrogen-bond acceptors (Lipinski definition) is 5. The van der Waals surface area contributed by atoms with Crippen LogP contribution in [0.15, 0.2) is 48.5 Å². The van der Waals surface area contributed by atoms with Crippen LogP contribution in [0.25, 0.3) is 0 Å². The lowest BCUT2D eigenvalue weighted by molar-refractivity contribution is -0.384. The van der Waals surface area contributed by atoms with Crippen molar-refractivity contribution in [2.45, 2.75) is 45.4 Å². The van der Waals surface area contributed by atoms with Crippen LogP contribution in [0, 0.1) is 33.8 Å². The third-order valence-electron chi connectivity index (χ3n) is 7.92. The molecule has 2 aromatic carbocycles. The van der Waals surface area contributed by atoms with E-state index in [1.54, 1.807) is 12.1 Å². The lowest BCUT2D eigenvalue weighted by Gasteiger charge is -2.33. The van der Waals surface area contributed by atoms with Crippen molar-refractivity contribution < 1.29 is 14.5 Å². The summed E-state index contributed by atoms with van der Waals surface area (Å²) in [6.07, 6.45) is 5.33. The molecule has 2 aliphatic heterocycles. The maximum atomic E-state index is 13.1. The Morgan fingerprint density at radius 1 is 0.941 bits per heavy atom. The standard InChI is InChI=1S/C27H31N3O4/c1-18-7-9-22-23(15-18)27(32)29(26(22)31)21-8-10-24(25(17-21)30(33)34)28-13-11-20(12-14-28)16-19-5-3-2-4-6-19/h2-6,8,10,17-18,20,22-23H,7,9,11-16H2,1H3/t18-,22+,23+/m1/s1. The number of carbonyl (C=O) groups is 2. The van der Waals surface area contributed by atoms with Gasteiger partial charge in [0.15, 0.2) is 0 Å². The second-order valence-corrected chi connectivity index (χ2v) is 10.2. The second-order valence-electron chi connectivity index (χ2n) is 10.2. The number of carbonyl (C=O) groups excluding carboxylic acids is 2. The number of benzene rings is 2. The summed E-state index contributed by atoms with van der Waals surface area (Å²) in [6.45, 7) is 3.61. The van der Waals surface area contributed by atoms with Gasteiger partial charge in [-0.25, -0.2) is 4.90 Å². The Morgan fingerprint density at radius 2 is 1.65 bits per heavy atom. The SMILES string of the molecule is C[C@@H]1CC[C@@H]2C(=O)N(c3ccc(N4CCC(Cc5ccccc5)CC4)c([N+](=O)[O-])c3)C(=O)[C@H]2C1. The molecule has 34 heavy (non-hydrogen) atoms. The highest BCUT2D eigenvalue weighted by Gasteiger charge is 2.50. The van der Waals surface area contributed by atoms with Crippen LogP contribution in [0.5, 0.6) is 0 Å². The van der Waals surface area contributed by atoms with Gasteiger partial charge in [-0.15, -0.1) is 0 Å². The smallest absolute Gasteiger partial charge is 0.294 e. The van der Waals surface area contributed by atoms with Crippen molar-refractivity contribution in [3.05, 3.63) is 64.2 Å². The van der Waals surface area contributed by atoms with Gasteiger partial charge in [0, 0.05) is 19.2 Å². The first-order valence-electron chi connectivity index (χ1n) is 12.4. The number of piperidine rings is 1. The number of nitro groups is 1. The number of imide groups is 1. The summed E-state index contributed by atoms with van der Waals surface area (Å²) in [4.78, 5) is 41.0. The van der Waals surface area contributed by atoms with Crippen molar-refractivity contribution in [3.8, 4) is 0 Å². The van der Waals surface area contributed by atoms with Gasteiger partial charge in [0.25, 0.3) is 5.69 Å². The van der Waals surface area contributed by atoms with E-state index in [1.165, 1.54) is 16.5 Å². The molecule has 0 aromatic heterocycles. The van der Waals surface area contributed by atoms with E-state index >= 15 is 0 Å². The molecule has 2 aromatic rings. The maximum absolute atomic E-state index is 13.1. The number of amides is 2. The van der Waals surface area contributed by atoms with Crippen LogP contribution in [-0.4, -0.2) is 29.8 Å². The molecule has 7 heteroatoms. The third kappa shape index (κ3) is 4.19. The molecule has 3 fully saturated rings. The average Bonchev–Trinajstić information content (AvgIpc) is 3.09. The largest absolute Gasteiger partial charge is 0.366 e. The fourth-order valence-electron chi connectivity index (χ4n) is 6.03. The summed E-state index contributed by atoms with van der Waals surface area (Å²) < 4.78 is 0. The Morgan fingerprint density at radius 3 is 2.35 bits per heavy atom. The van der Waals surface area contributed by atoms with Gasteiger partial charge in [-0.05, 0) is 68.1 Å². The van der Waals surface area contributed by atoms with Crippen LogP contribution < -0.4 is 9.80 Å². The van der Waals surface area contributed by atoms with E-state index in [9.17, 15) is 19.7 Å². The molecule has 2 saturated heterocycles. The number of rotatable bonds is 5. The van der Waals surface area contributed by atoms with Crippen molar-refractivity contribution in [2.24, 2.45) is 23.7 Å². The van der Waals surface area contributed by atoms with Crippen molar-refractivity contribution in [1.29, 1.82) is 0 Å². The Balaban J connectivity index is 1.33. The maximum Gasteiger partial charge on any atom is 0.294 e. The molecule has 3 atom stereocenters. The van der Waals surface area contributed by atoms with Crippen LogP contribution in [0.2, 0.25) is 0 Å². The molecule has 2 heterocycles. The van der Waals surface area contributed by atoms with E-state index in [-0.39, 0.29) is 29.3 Å². The third-order valence-corrected chi connectivity index (χ3v) is 7.92. The first-order valence-corrected chi connectivity index (χ1v) is 12.4. The summed E-state index contributed by atoms with van der Waals surface area (Å²) in [7, 11) is 0. The molecule has 0 radical (unpaired) electrons. The molecular formula is C27H31N3O4. The predicted octanol–water partition coefficient (Wildman–Crippen LogP) is 4.98. The Hall–Kier alpha value is -3.22. The molecule has 1 saturated carbocycles. The molecular weight excluding hydrogens is 430 g/mol. The molecule has 7 nitrogen and oxygen atoms in total. The molecule has 5 rings (SSSR count). The minimum atomic E-state index is -0.394. The number of hydrogen-bond donors (Lipinski definition) is 0. The fourth-order valence-corrected chi connectivity index (χ4v) is 6.03. The van der Waals surface area contributed by atoms with Crippen LogP contribution in [0.3, 0.4) is 0 Å². The highest BCUT2D eigenvalue weighted by molar-refractivity contribution is 6.22. The number of nitro benzene ring substituents is 1. The summed E-state index contributed by atoms with van der Waals surface area (Å²) in [5.74, 6) is -0.0114. The average molecular weight is 462 g/mol. The van der Waals surface area contributed by atoms with Gasteiger partial charge in [0.1, 0.15) is 5.69 Å². The van der Waals surface area contributed by atoms with Gasteiger partial charge in [-0.3, -0.25) is 19.7 Å². The Kier molecular flexibility index (Phi) is 6.11. The molecule has 2 amide bonds. The van der Waals surface area contributed by atoms with Crippen LogP contribution in [0.4, 0.5) is 17.1 Å². The van der Waals surface area contributed by atoms with Crippen LogP contribution in [-0.2, 0) is 16.0 Å². The minimum Gasteiger partial charge on any atom is -0.366 e. The van der Waals surface area contributed by atoms with Crippen molar-refractivity contribution in [3.63, 3.8) is 0 Å². The van der Waals surface area contributed by atoms with E-state index in [4.69, 9.17) is 0 Å². The van der Waals surface area contributed by atoms with Crippen molar-refractivity contribution in [1.82, 2.24) is 0 Å². The van der Waals surface area contributed by atoms with E-state index in [0.29, 0.717) is 36.1 Å². The van der Waals surface area contributed by atoms with Gasteiger partial charge < -0.3 is 4.90 Å². The van der Waals surface area contributed by atoms with Crippen molar-refractivity contribution >= 4 is 28.9 Å². The van der Waals surface area contributed by atoms with E-state index in [2.05, 4.69) is 36.1 Å². The Labute approximate surface area is 199 Å². The monoisotopic (exact) mass is 461 g/mol. The fraction of sp³-hybridized carbons (Fsp3) is 0.481. The molecule has 1 aliphatic carbocycles. The molecule has 3 aliphatic rings. The highest BCUT2D eigenvalue weighted by Crippen LogP contribution is 2.43. The van der Waals surface area contributed by atoms with Crippen LogP contribution >= 0.6 is 0 Å². The summed E-state index contributed by atoms with van der Waals surface area (Å²) >= 11 is 0. The first kappa shape index (κ1) is 22.6. The molecule has 178 valence electrons. The molecule has 0 spiro atoms. The zero-order valence-corrected chi connectivity index (χ0v) is 19.6. The van der Waals surface area contributed by atoms with Gasteiger partial charge in [-0.1, -0.05) is 37.3 Å². The molecule has 0 unspecified atom stereocenters. The minimum absolute atomic E-state index is 0.0390. The van der Waals surface area contributed by atoms with Gasteiger partial charge >= 0.3 is 0 Å². The Bertz CT molecular complexity index is 1090. The number of nitrogens with zero attached hydrogens (tertiary/aromatic N) is 3. The zero-order valence-electron chi connectivity index (χ0n) is 19.6. The van der Waals surface area contributed by atoms with Gasteiger partial charge in [-0.2, -0.15) is 0 Å². The topological polar surface area (TPSA) is 83.8 Å². The molecule has 0 N–H and O–H groups in total. The summed E-state index contributed by atoms with van der Waals surface area (Å²) in [5.41, 5.74) is 2.18. The summed E-state index contributed by atoms with van der Waals surface area (Å²) in [6, 6.07) is 15.3. The van der Waals surface area contributed by atoms with Gasteiger partial charge in [0.2, 0.25) is 11.8 Å². The second kappa shape index (κ2) is 9.20.